The first-order chi connectivity index (χ1) is 10.4. The van der Waals surface area contributed by atoms with Gasteiger partial charge in [-0.2, -0.15) is 0 Å². The summed E-state index contributed by atoms with van der Waals surface area (Å²) in [6.45, 7) is 3.45. The van der Waals surface area contributed by atoms with E-state index in [2.05, 4.69) is 0 Å². The van der Waals surface area contributed by atoms with Gasteiger partial charge in [-0.05, 0) is 25.5 Å². The van der Waals surface area contributed by atoms with E-state index in [0.717, 1.165) is 5.56 Å². The van der Waals surface area contributed by atoms with Gasteiger partial charge in [0.2, 0.25) is 11.8 Å². The minimum atomic E-state index is -0.621. The lowest BCUT2D eigenvalue weighted by atomic mass is 10.2. The summed E-state index contributed by atoms with van der Waals surface area (Å²) in [5.74, 6) is -0.779. The monoisotopic (exact) mass is 304 g/mol. The van der Waals surface area contributed by atoms with E-state index >= 15 is 0 Å². The average Bonchev–Trinajstić information content (AvgIpc) is 2.86. The van der Waals surface area contributed by atoms with E-state index in [1.807, 2.05) is 31.2 Å². The maximum Gasteiger partial charge on any atom is 0.328 e. The highest BCUT2D eigenvalue weighted by Crippen LogP contribution is 2.23. The smallest absolute Gasteiger partial charge is 0.328 e. The molecule has 22 heavy (non-hydrogen) atoms. The number of rotatable bonds is 4. The number of methoxy groups -OCH3 is 1. The fraction of sp³-hybridized carbons (Fsp3) is 0.438. The molecule has 0 bridgehead atoms. The van der Waals surface area contributed by atoms with E-state index in [9.17, 15) is 14.4 Å². The Kier molecular flexibility index (Phi) is 4.80. The summed E-state index contributed by atoms with van der Waals surface area (Å²) in [4.78, 5) is 38.6. The number of likely N-dealkylation sites (tertiary alicyclic amines) is 1. The van der Waals surface area contributed by atoms with Crippen molar-refractivity contribution in [1.29, 1.82) is 0 Å². The summed E-state index contributed by atoms with van der Waals surface area (Å²) in [6.07, 6.45) is 0.713. The minimum absolute atomic E-state index is 0.0526. The number of carbonyl (C=O) groups excluding carboxylic acids is 3. The fourth-order valence-electron chi connectivity index (χ4n) is 2.53. The second-order valence-corrected chi connectivity index (χ2v) is 5.37. The molecule has 1 aliphatic rings. The Morgan fingerprint density at radius 2 is 1.95 bits per heavy atom. The molecule has 1 aromatic rings. The van der Waals surface area contributed by atoms with Crippen LogP contribution in [0.5, 0.6) is 0 Å². The number of esters is 1. The number of benzene rings is 1. The van der Waals surface area contributed by atoms with Crippen LogP contribution in [0.2, 0.25) is 0 Å². The predicted molar refractivity (Wildman–Crippen MR) is 81.1 cm³/mol. The molecule has 1 unspecified atom stereocenters. The van der Waals surface area contributed by atoms with Crippen molar-refractivity contribution in [2.75, 3.05) is 18.7 Å². The molecule has 1 aromatic carbocycles. The number of amides is 2. The third-order valence-electron chi connectivity index (χ3n) is 3.82. The van der Waals surface area contributed by atoms with E-state index in [-0.39, 0.29) is 18.5 Å². The molecule has 6 nitrogen and oxygen atoms in total. The molecule has 1 heterocycles. The summed E-state index contributed by atoms with van der Waals surface area (Å²) >= 11 is 0. The molecule has 2 amide bonds. The Morgan fingerprint density at radius 3 is 2.50 bits per heavy atom. The van der Waals surface area contributed by atoms with Crippen LogP contribution < -0.4 is 4.90 Å². The maximum atomic E-state index is 12.0. The normalized spacial score (nSPS) is 17.5. The number of ether oxygens (including phenoxy) is 1. The van der Waals surface area contributed by atoms with Gasteiger partial charge in [0.15, 0.2) is 0 Å². The van der Waals surface area contributed by atoms with Crippen molar-refractivity contribution in [1.82, 2.24) is 4.90 Å². The number of carbonyl (C=O) groups is 3. The van der Waals surface area contributed by atoms with Crippen molar-refractivity contribution >= 4 is 23.5 Å². The van der Waals surface area contributed by atoms with Crippen LogP contribution in [0.1, 0.15) is 25.3 Å². The Balaban J connectivity index is 2.23. The fourth-order valence-corrected chi connectivity index (χ4v) is 2.53. The van der Waals surface area contributed by atoms with E-state index in [4.69, 9.17) is 4.74 Å². The third kappa shape index (κ3) is 3.27. The highest BCUT2D eigenvalue weighted by Gasteiger charge is 2.38. The Morgan fingerprint density at radius 1 is 1.32 bits per heavy atom. The highest BCUT2D eigenvalue weighted by atomic mass is 16.5. The molecule has 0 aromatic heterocycles. The molecule has 0 spiro atoms. The number of aryl methyl sites for hydroxylation is 1. The summed E-state index contributed by atoms with van der Waals surface area (Å²) in [6, 6.07) is 6.82. The summed E-state index contributed by atoms with van der Waals surface area (Å²) < 4.78 is 4.74. The molecule has 1 fully saturated rings. The van der Waals surface area contributed by atoms with Crippen LogP contribution in [0.3, 0.4) is 0 Å². The molecule has 2 rings (SSSR count). The summed E-state index contributed by atoms with van der Waals surface area (Å²) in [5, 5.41) is 0. The van der Waals surface area contributed by atoms with Crippen LogP contribution in [0.15, 0.2) is 24.3 Å². The molecule has 118 valence electrons. The lowest BCUT2D eigenvalue weighted by molar-refractivity contribution is -0.149. The predicted octanol–water partition coefficient (Wildman–Crippen LogP) is 1.47. The zero-order valence-electron chi connectivity index (χ0n) is 13.0. The van der Waals surface area contributed by atoms with Crippen LogP contribution in [0.25, 0.3) is 0 Å². The van der Waals surface area contributed by atoms with Gasteiger partial charge in [0, 0.05) is 19.0 Å². The molecule has 1 saturated heterocycles. The Bertz CT molecular complexity index is 582. The molecule has 6 heteroatoms. The second kappa shape index (κ2) is 6.60. The standard InChI is InChI=1S/C16H20N2O4/c1-11-4-6-13(7-5-11)17(12(2)19)10-18-14(16(21)22-3)8-9-15(18)20/h4-7,14H,8-10H2,1-3H3. The first-order valence-corrected chi connectivity index (χ1v) is 7.16. The van der Waals surface area contributed by atoms with E-state index in [0.29, 0.717) is 18.5 Å². The molecule has 0 N–H and O–H groups in total. The maximum absolute atomic E-state index is 12.0. The second-order valence-electron chi connectivity index (χ2n) is 5.37. The number of hydrogen-bond acceptors (Lipinski definition) is 4. The van der Waals surface area contributed by atoms with Gasteiger partial charge in [0.25, 0.3) is 0 Å². The van der Waals surface area contributed by atoms with Crippen molar-refractivity contribution in [3.63, 3.8) is 0 Å². The van der Waals surface area contributed by atoms with E-state index < -0.39 is 12.0 Å². The largest absolute Gasteiger partial charge is 0.467 e. The molecule has 0 radical (unpaired) electrons. The zero-order valence-corrected chi connectivity index (χ0v) is 13.0. The van der Waals surface area contributed by atoms with Gasteiger partial charge in [0.1, 0.15) is 12.7 Å². The third-order valence-corrected chi connectivity index (χ3v) is 3.82. The Labute approximate surface area is 129 Å². The number of anilines is 1. The van der Waals surface area contributed by atoms with Crippen LogP contribution in [-0.2, 0) is 19.1 Å². The van der Waals surface area contributed by atoms with Crippen LogP contribution in [-0.4, -0.2) is 42.5 Å². The first kappa shape index (κ1) is 16.0. The van der Waals surface area contributed by atoms with Crippen molar-refractivity contribution in [3.8, 4) is 0 Å². The average molecular weight is 304 g/mol. The van der Waals surface area contributed by atoms with Gasteiger partial charge in [-0.25, -0.2) is 4.79 Å². The van der Waals surface area contributed by atoms with E-state index in [1.54, 1.807) is 0 Å². The molecule has 1 aliphatic heterocycles. The number of nitrogens with zero attached hydrogens (tertiary/aromatic N) is 2. The molecular weight excluding hydrogens is 284 g/mol. The van der Waals surface area contributed by atoms with Gasteiger partial charge < -0.3 is 9.64 Å². The van der Waals surface area contributed by atoms with Gasteiger partial charge in [-0.15, -0.1) is 0 Å². The molecular formula is C16H20N2O4. The van der Waals surface area contributed by atoms with Crippen LogP contribution in [0, 0.1) is 6.92 Å². The quantitative estimate of drug-likeness (QED) is 0.790. The van der Waals surface area contributed by atoms with Gasteiger partial charge in [0.05, 0.1) is 7.11 Å². The van der Waals surface area contributed by atoms with Crippen molar-refractivity contribution in [3.05, 3.63) is 29.8 Å². The van der Waals surface area contributed by atoms with Gasteiger partial charge >= 0.3 is 5.97 Å². The van der Waals surface area contributed by atoms with Crippen molar-refractivity contribution in [2.24, 2.45) is 0 Å². The zero-order chi connectivity index (χ0) is 16.3. The SMILES string of the molecule is COC(=O)C1CCC(=O)N1CN(C(C)=O)c1ccc(C)cc1. The number of hydrogen-bond donors (Lipinski definition) is 0. The summed E-state index contributed by atoms with van der Waals surface area (Å²) in [5.41, 5.74) is 1.78. The molecule has 1 atom stereocenters. The molecule has 0 saturated carbocycles. The summed E-state index contributed by atoms with van der Waals surface area (Å²) in [7, 11) is 1.30. The minimum Gasteiger partial charge on any atom is -0.467 e. The van der Waals surface area contributed by atoms with E-state index in [1.165, 1.54) is 23.8 Å². The first-order valence-electron chi connectivity index (χ1n) is 7.16. The topological polar surface area (TPSA) is 66.9 Å². The molecule has 0 aliphatic carbocycles. The van der Waals surface area contributed by atoms with Gasteiger partial charge in [-0.1, -0.05) is 17.7 Å². The Hall–Kier alpha value is -2.37. The van der Waals surface area contributed by atoms with Crippen LogP contribution in [0.4, 0.5) is 5.69 Å². The van der Waals surface area contributed by atoms with Gasteiger partial charge in [-0.3, -0.25) is 14.5 Å². The lowest BCUT2D eigenvalue weighted by Crippen LogP contribution is -2.47. The highest BCUT2D eigenvalue weighted by molar-refractivity contribution is 5.93. The van der Waals surface area contributed by atoms with Crippen molar-refractivity contribution in [2.45, 2.75) is 32.7 Å². The lowest BCUT2D eigenvalue weighted by Gasteiger charge is -2.30. The van der Waals surface area contributed by atoms with Crippen LogP contribution >= 0.6 is 0 Å². The van der Waals surface area contributed by atoms with Crippen molar-refractivity contribution < 1.29 is 19.1 Å².